The Morgan fingerprint density at radius 2 is 1.10 bits per heavy atom. The van der Waals surface area contributed by atoms with Gasteiger partial charge in [-0.2, -0.15) is 0 Å². The van der Waals surface area contributed by atoms with Crippen molar-refractivity contribution in [2.75, 3.05) is 44.5 Å². The molecule has 15 heteroatoms. The number of hydrogen-bond donors (Lipinski definition) is 6. The van der Waals surface area contributed by atoms with Crippen molar-refractivity contribution in [2.24, 2.45) is 5.73 Å². The normalized spacial score (nSPS) is 12.8. The summed E-state index contributed by atoms with van der Waals surface area (Å²) >= 11 is 0. The Labute approximate surface area is 370 Å². The molecular formula is C44H69Cl3N8O4. The molecule has 0 saturated heterocycles. The van der Waals surface area contributed by atoms with Crippen LogP contribution >= 0.6 is 37.2 Å². The van der Waals surface area contributed by atoms with E-state index in [0.717, 1.165) is 81.8 Å². The first-order chi connectivity index (χ1) is 26.5. The zero-order valence-corrected chi connectivity index (χ0v) is 39.0. The van der Waals surface area contributed by atoms with E-state index < -0.39 is 6.04 Å². The number of carbonyl (C=O) groups is 2. The number of ether oxygens (including phenoxy) is 2. The molecule has 0 fully saturated rings. The van der Waals surface area contributed by atoms with Gasteiger partial charge >= 0.3 is 6.03 Å². The van der Waals surface area contributed by atoms with Gasteiger partial charge in [-0.25, -0.2) is 4.79 Å². The van der Waals surface area contributed by atoms with Gasteiger partial charge in [0.1, 0.15) is 17.5 Å². The largest absolute Gasteiger partial charge is 0.497 e. The molecule has 4 aromatic rings. The van der Waals surface area contributed by atoms with Gasteiger partial charge in [-0.05, 0) is 83.2 Å². The van der Waals surface area contributed by atoms with E-state index in [-0.39, 0.29) is 72.1 Å². The van der Waals surface area contributed by atoms with Crippen LogP contribution in [0, 0.1) is 0 Å². The van der Waals surface area contributed by atoms with Gasteiger partial charge in [0, 0.05) is 70.3 Å². The van der Waals surface area contributed by atoms with Gasteiger partial charge in [-0.1, -0.05) is 53.7 Å². The maximum absolute atomic E-state index is 13.2. The Morgan fingerprint density at radius 3 is 1.51 bits per heavy atom. The summed E-state index contributed by atoms with van der Waals surface area (Å²) in [5.41, 5.74) is 11.3. The Kier molecular flexibility index (Phi) is 21.9. The number of nitrogens with one attached hydrogen (secondary N) is 5. The number of hydrogen-bond acceptors (Lipinski definition) is 9. The lowest BCUT2D eigenvalue weighted by Crippen LogP contribution is -2.50. The second-order valence-electron chi connectivity index (χ2n) is 16.9. The molecule has 2 heterocycles. The summed E-state index contributed by atoms with van der Waals surface area (Å²) in [6, 6.07) is 15.5. The number of halogens is 3. The number of nitrogens with two attached hydrogens (primary N) is 1. The van der Waals surface area contributed by atoms with Gasteiger partial charge in [-0.15, -0.1) is 37.2 Å². The van der Waals surface area contributed by atoms with Gasteiger partial charge in [0.15, 0.2) is 0 Å². The molecule has 7 N–H and O–H groups in total. The minimum atomic E-state index is -0.673. The average molecular weight is 880 g/mol. The fraction of sp³-hybridized carbons (Fsp3) is 0.545. The predicted molar refractivity (Wildman–Crippen MR) is 252 cm³/mol. The fourth-order valence-corrected chi connectivity index (χ4v) is 6.54. The van der Waals surface area contributed by atoms with E-state index in [9.17, 15) is 9.59 Å². The van der Waals surface area contributed by atoms with Crippen molar-refractivity contribution in [2.45, 2.75) is 123 Å². The molecule has 0 radical (unpaired) electrons. The zero-order chi connectivity index (χ0) is 41.0. The summed E-state index contributed by atoms with van der Waals surface area (Å²) in [6.07, 6.45) is 4.20. The van der Waals surface area contributed by atoms with Crippen molar-refractivity contribution in [1.82, 2.24) is 25.9 Å². The molecule has 3 amide bonds. The third-order valence-electron chi connectivity index (χ3n) is 9.88. The van der Waals surface area contributed by atoms with Crippen molar-refractivity contribution < 1.29 is 19.1 Å². The van der Waals surface area contributed by atoms with E-state index in [1.54, 1.807) is 14.2 Å². The summed E-state index contributed by atoms with van der Waals surface area (Å²) in [5, 5.41) is 18.1. The smallest absolute Gasteiger partial charge is 0.315 e. The highest BCUT2D eigenvalue weighted by Gasteiger charge is 2.22. The van der Waals surface area contributed by atoms with E-state index in [2.05, 4.69) is 106 Å². The standard InChI is InChI=1S/C44H66N8O4.3ClH/c1-28(48-35-26-32(55-9)24-30-17-19-37(43(3,4)5)51-39(30)35)14-12-22-46-41(53)34(16-11-21-45)50-42(54)47-23-13-15-29(2)49-36-27-33(56-10)25-31-18-20-38(44(6,7)8)52-40(31)36;;;/h17-20,24-29,34,48-49H,11-16,21-23,45H2,1-10H3,(H,46,53)(H2,47,50,54);3*1H/t28?,29?,34-;;;/m1.../s1. The average Bonchev–Trinajstić information content (AvgIpc) is 3.15. The van der Waals surface area contributed by atoms with Crippen molar-refractivity contribution in [3.8, 4) is 11.5 Å². The van der Waals surface area contributed by atoms with Crippen LogP contribution in [0.15, 0.2) is 48.5 Å². The van der Waals surface area contributed by atoms with Gasteiger partial charge in [0.05, 0.1) is 36.6 Å². The number of methoxy groups -OCH3 is 2. The van der Waals surface area contributed by atoms with E-state index in [4.69, 9.17) is 25.2 Å². The van der Waals surface area contributed by atoms with Gasteiger partial charge in [0.2, 0.25) is 5.91 Å². The summed E-state index contributed by atoms with van der Waals surface area (Å²) in [7, 11) is 3.33. The SMILES string of the molecule is COc1cc(NC(C)CCCNC(=O)N[C@H](CCCN)C(=O)NCCCC(C)Nc2cc(OC)cc3ccc(C(C)(C)C)nc23)c2nc(C(C)(C)C)ccc2c1.Cl.Cl.Cl. The summed E-state index contributed by atoms with van der Waals surface area (Å²) in [6.45, 7) is 18.6. The Bertz CT molecular complexity index is 1940. The topological polar surface area (TPSA) is 165 Å². The van der Waals surface area contributed by atoms with Crippen LogP contribution in [0.1, 0.15) is 105 Å². The highest BCUT2D eigenvalue weighted by atomic mass is 35.5. The molecule has 2 aromatic carbocycles. The third-order valence-corrected chi connectivity index (χ3v) is 9.88. The quantitative estimate of drug-likeness (QED) is 0.0505. The summed E-state index contributed by atoms with van der Waals surface area (Å²) in [4.78, 5) is 36.1. The highest BCUT2D eigenvalue weighted by Crippen LogP contribution is 2.33. The Hall–Kier alpha value is -3.97. The van der Waals surface area contributed by atoms with Crippen molar-refractivity contribution >= 4 is 82.3 Å². The molecule has 12 nitrogen and oxygen atoms in total. The van der Waals surface area contributed by atoms with Crippen LogP contribution in [0.2, 0.25) is 0 Å². The van der Waals surface area contributed by atoms with Crippen molar-refractivity contribution in [3.63, 3.8) is 0 Å². The molecular weight excluding hydrogens is 811 g/mol. The molecule has 2 unspecified atom stereocenters. The lowest BCUT2D eigenvalue weighted by atomic mass is 9.91. The Balaban J connectivity index is 0.00000580. The molecule has 59 heavy (non-hydrogen) atoms. The molecule has 330 valence electrons. The van der Waals surface area contributed by atoms with E-state index in [1.165, 1.54) is 0 Å². The lowest BCUT2D eigenvalue weighted by Gasteiger charge is -2.22. The second kappa shape index (κ2) is 24.3. The van der Waals surface area contributed by atoms with Gasteiger partial charge in [0.25, 0.3) is 0 Å². The van der Waals surface area contributed by atoms with Crippen LogP contribution in [0.5, 0.6) is 11.5 Å². The molecule has 3 atom stereocenters. The molecule has 4 rings (SSSR count). The van der Waals surface area contributed by atoms with Crippen LogP contribution in [-0.4, -0.2) is 73.9 Å². The number of fused-ring (bicyclic) bond motifs is 2. The maximum Gasteiger partial charge on any atom is 0.315 e. The molecule has 0 aliphatic carbocycles. The first-order valence-corrected chi connectivity index (χ1v) is 20.1. The summed E-state index contributed by atoms with van der Waals surface area (Å²) in [5.74, 6) is 1.32. The second-order valence-corrected chi connectivity index (χ2v) is 16.9. The number of urea groups is 1. The number of rotatable bonds is 19. The molecule has 0 aliphatic rings. The van der Waals surface area contributed by atoms with Crippen LogP contribution in [0.25, 0.3) is 21.8 Å². The van der Waals surface area contributed by atoms with Crippen LogP contribution in [0.3, 0.4) is 0 Å². The van der Waals surface area contributed by atoms with E-state index in [1.807, 2.05) is 24.3 Å². The lowest BCUT2D eigenvalue weighted by molar-refractivity contribution is -0.123. The van der Waals surface area contributed by atoms with Crippen LogP contribution in [-0.2, 0) is 15.6 Å². The minimum absolute atomic E-state index is 0. The number of nitrogens with zero attached hydrogens (tertiary/aromatic N) is 2. The molecule has 0 saturated carbocycles. The van der Waals surface area contributed by atoms with E-state index in [0.29, 0.717) is 32.5 Å². The monoisotopic (exact) mass is 878 g/mol. The highest BCUT2D eigenvalue weighted by molar-refractivity contribution is 5.93. The predicted octanol–water partition coefficient (Wildman–Crippen LogP) is 9.04. The first-order valence-electron chi connectivity index (χ1n) is 20.1. The van der Waals surface area contributed by atoms with Crippen molar-refractivity contribution in [3.05, 3.63) is 59.9 Å². The Morgan fingerprint density at radius 1 is 0.661 bits per heavy atom. The number of amides is 3. The molecule has 0 aliphatic heterocycles. The van der Waals surface area contributed by atoms with Gasteiger partial charge in [-0.3, -0.25) is 14.8 Å². The third kappa shape index (κ3) is 15.9. The molecule has 2 aromatic heterocycles. The number of anilines is 2. The molecule has 0 spiro atoms. The zero-order valence-electron chi connectivity index (χ0n) is 36.5. The number of benzene rings is 2. The maximum atomic E-state index is 13.2. The first kappa shape index (κ1) is 53.0. The number of aromatic nitrogens is 2. The number of pyridine rings is 2. The minimum Gasteiger partial charge on any atom is -0.497 e. The van der Waals surface area contributed by atoms with Crippen LogP contribution < -0.4 is 41.8 Å². The van der Waals surface area contributed by atoms with Gasteiger partial charge < -0.3 is 41.8 Å². The fourth-order valence-electron chi connectivity index (χ4n) is 6.54. The van der Waals surface area contributed by atoms with Crippen LogP contribution in [0.4, 0.5) is 16.2 Å². The van der Waals surface area contributed by atoms with E-state index >= 15 is 0 Å². The number of carbonyl (C=O) groups excluding carboxylic acids is 2. The van der Waals surface area contributed by atoms with Crippen molar-refractivity contribution in [1.29, 1.82) is 0 Å². The molecule has 0 bridgehead atoms. The summed E-state index contributed by atoms with van der Waals surface area (Å²) < 4.78 is 11.1.